The summed E-state index contributed by atoms with van der Waals surface area (Å²) in [5.41, 5.74) is 2.95. The minimum Gasteiger partial charge on any atom is -0.352 e. The lowest BCUT2D eigenvalue weighted by molar-refractivity contribution is -0.139. The van der Waals surface area contributed by atoms with Crippen LogP contribution in [0.2, 0.25) is 5.02 Å². The van der Waals surface area contributed by atoms with E-state index in [4.69, 9.17) is 11.6 Å². The summed E-state index contributed by atoms with van der Waals surface area (Å²) in [5, 5.41) is 3.54. The van der Waals surface area contributed by atoms with Crippen molar-refractivity contribution in [2.24, 2.45) is 0 Å². The number of nitrogens with one attached hydrogen (secondary N) is 1. The molecule has 1 unspecified atom stereocenters. The average molecular weight is 582 g/mol. The first kappa shape index (κ1) is 29.6. The Balaban J connectivity index is 1.70. The van der Waals surface area contributed by atoms with Gasteiger partial charge in [0.05, 0.1) is 10.6 Å². The predicted octanol–water partition coefficient (Wildman–Crippen LogP) is 5.63. The monoisotopic (exact) mass is 581 g/mol. The number of hydrogen-bond acceptors (Lipinski definition) is 4. The molecule has 212 valence electrons. The fourth-order valence-corrected chi connectivity index (χ4v) is 6.54. The summed E-state index contributed by atoms with van der Waals surface area (Å²) in [6, 6.07) is 19.7. The third-order valence-corrected chi connectivity index (χ3v) is 9.71. The van der Waals surface area contributed by atoms with Crippen LogP contribution < -0.4 is 9.62 Å². The smallest absolute Gasteiger partial charge is 0.264 e. The summed E-state index contributed by atoms with van der Waals surface area (Å²) in [6.07, 6.45) is 3.94. The summed E-state index contributed by atoms with van der Waals surface area (Å²) in [6.45, 7) is 5.09. The van der Waals surface area contributed by atoms with Crippen LogP contribution in [0.15, 0.2) is 77.7 Å². The highest BCUT2D eigenvalue weighted by Gasteiger charge is 2.33. The van der Waals surface area contributed by atoms with Gasteiger partial charge in [0.25, 0.3) is 10.0 Å². The van der Waals surface area contributed by atoms with E-state index in [-0.39, 0.29) is 23.4 Å². The molecule has 2 amide bonds. The summed E-state index contributed by atoms with van der Waals surface area (Å²) >= 11 is 6.44. The van der Waals surface area contributed by atoms with Crippen LogP contribution in [-0.4, -0.2) is 43.8 Å². The van der Waals surface area contributed by atoms with Gasteiger partial charge in [-0.2, -0.15) is 0 Å². The number of rotatable bonds is 10. The van der Waals surface area contributed by atoms with E-state index < -0.39 is 28.5 Å². The normalized spacial score (nSPS) is 14.5. The molecule has 9 heteroatoms. The first-order chi connectivity index (χ1) is 19.1. The molecule has 0 aliphatic heterocycles. The van der Waals surface area contributed by atoms with Gasteiger partial charge < -0.3 is 10.2 Å². The number of hydrogen-bond donors (Lipinski definition) is 1. The number of sulfonamides is 1. The molecule has 7 nitrogen and oxygen atoms in total. The Morgan fingerprint density at radius 3 is 2.25 bits per heavy atom. The third-order valence-electron chi connectivity index (χ3n) is 7.56. The third kappa shape index (κ3) is 6.85. The highest BCUT2D eigenvalue weighted by atomic mass is 35.5. The van der Waals surface area contributed by atoms with Crippen molar-refractivity contribution in [1.29, 1.82) is 0 Å². The van der Waals surface area contributed by atoms with Gasteiger partial charge in [-0.05, 0) is 80.6 Å². The van der Waals surface area contributed by atoms with Gasteiger partial charge in [0.1, 0.15) is 12.6 Å². The molecule has 0 heterocycles. The summed E-state index contributed by atoms with van der Waals surface area (Å²) < 4.78 is 28.9. The van der Waals surface area contributed by atoms with Crippen molar-refractivity contribution < 1.29 is 18.0 Å². The van der Waals surface area contributed by atoms with Gasteiger partial charge in [0.15, 0.2) is 0 Å². The molecule has 0 bridgehead atoms. The Morgan fingerprint density at radius 1 is 0.950 bits per heavy atom. The zero-order valence-electron chi connectivity index (χ0n) is 23.1. The van der Waals surface area contributed by atoms with Gasteiger partial charge >= 0.3 is 0 Å². The van der Waals surface area contributed by atoms with E-state index >= 15 is 0 Å². The van der Waals surface area contributed by atoms with Crippen molar-refractivity contribution in [2.45, 2.75) is 70.0 Å². The van der Waals surface area contributed by atoms with Crippen LogP contribution in [0, 0.1) is 13.8 Å². The summed E-state index contributed by atoms with van der Waals surface area (Å²) in [7, 11) is -4.10. The van der Waals surface area contributed by atoms with Crippen LogP contribution in [0.4, 0.5) is 5.69 Å². The van der Waals surface area contributed by atoms with E-state index in [1.54, 1.807) is 55.5 Å². The van der Waals surface area contributed by atoms with Crippen LogP contribution in [-0.2, 0) is 26.2 Å². The van der Waals surface area contributed by atoms with Crippen molar-refractivity contribution in [3.8, 4) is 0 Å². The minimum atomic E-state index is -4.10. The van der Waals surface area contributed by atoms with Crippen LogP contribution in [0.1, 0.15) is 49.3 Å². The SMILES string of the molecule is Cc1ccc(N(CC(=O)N(Cc2ccccc2Cl)C(C)C(=O)NC2CCCC2)S(=O)(=O)c2ccccc2)cc1C. The zero-order chi connectivity index (χ0) is 28.9. The molecule has 3 aromatic rings. The Kier molecular flexibility index (Phi) is 9.53. The molecule has 1 aliphatic rings. The number of benzene rings is 3. The van der Waals surface area contributed by atoms with Gasteiger partial charge in [0.2, 0.25) is 11.8 Å². The standard InChI is InChI=1S/C31H36ClN3O4S/c1-22-17-18-27(19-23(22)2)35(40(38,39)28-14-5-4-6-15-28)21-30(36)34(20-25-11-7-10-16-29(25)32)24(3)31(37)33-26-12-8-9-13-26/h4-7,10-11,14-19,24,26H,8-9,12-13,20-21H2,1-3H3,(H,33,37). The second kappa shape index (κ2) is 12.9. The number of halogens is 1. The number of aryl methyl sites for hydroxylation is 2. The maximum absolute atomic E-state index is 14.1. The lowest BCUT2D eigenvalue weighted by Crippen LogP contribution is -2.52. The van der Waals surface area contributed by atoms with Gasteiger partial charge in [-0.3, -0.25) is 13.9 Å². The second-order valence-corrected chi connectivity index (χ2v) is 12.6. The van der Waals surface area contributed by atoms with Gasteiger partial charge in [-0.25, -0.2) is 8.42 Å². The van der Waals surface area contributed by atoms with Crippen molar-refractivity contribution in [3.63, 3.8) is 0 Å². The number of carbonyl (C=O) groups excluding carboxylic acids is 2. The minimum absolute atomic E-state index is 0.0594. The molecule has 40 heavy (non-hydrogen) atoms. The second-order valence-electron chi connectivity index (χ2n) is 10.4. The van der Waals surface area contributed by atoms with Crippen molar-refractivity contribution in [1.82, 2.24) is 10.2 Å². The molecule has 1 aliphatic carbocycles. The van der Waals surface area contributed by atoms with Crippen LogP contribution in [0.25, 0.3) is 0 Å². The molecule has 0 spiro atoms. The van der Waals surface area contributed by atoms with E-state index in [0.717, 1.165) is 41.1 Å². The molecular formula is C31H36ClN3O4S. The quantitative estimate of drug-likeness (QED) is 0.336. The van der Waals surface area contributed by atoms with Crippen LogP contribution in [0.3, 0.4) is 0 Å². The zero-order valence-corrected chi connectivity index (χ0v) is 24.7. The lowest BCUT2D eigenvalue weighted by Gasteiger charge is -2.32. The molecule has 1 atom stereocenters. The number of carbonyl (C=O) groups is 2. The van der Waals surface area contributed by atoms with Crippen molar-refractivity contribution in [2.75, 3.05) is 10.8 Å². The maximum Gasteiger partial charge on any atom is 0.264 e. The molecule has 0 saturated heterocycles. The first-order valence-electron chi connectivity index (χ1n) is 13.6. The van der Waals surface area contributed by atoms with Gasteiger partial charge in [-0.15, -0.1) is 0 Å². The van der Waals surface area contributed by atoms with Crippen LogP contribution in [0.5, 0.6) is 0 Å². The fourth-order valence-electron chi connectivity index (χ4n) is 4.91. The molecular weight excluding hydrogens is 546 g/mol. The number of amides is 2. The van der Waals surface area contributed by atoms with E-state index in [2.05, 4.69) is 5.32 Å². The lowest BCUT2D eigenvalue weighted by atomic mass is 10.1. The molecule has 1 fully saturated rings. The molecule has 3 aromatic carbocycles. The maximum atomic E-state index is 14.1. The van der Waals surface area contributed by atoms with Crippen molar-refractivity contribution >= 4 is 39.1 Å². The molecule has 0 radical (unpaired) electrons. The van der Waals surface area contributed by atoms with E-state index in [1.807, 2.05) is 26.0 Å². The highest BCUT2D eigenvalue weighted by Crippen LogP contribution is 2.27. The fraction of sp³-hybridized carbons (Fsp3) is 0.355. The highest BCUT2D eigenvalue weighted by molar-refractivity contribution is 7.92. The molecule has 1 N–H and O–H groups in total. The van der Waals surface area contributed by atoms with E-state index in [1.165, 1.54) is 17.0 Å². The van der Waals surface area contributed by atoms with Crippen LogP contribution >= 0.6 is 11.6 Å². The van der Waals surface area contributed by atoms with Gasteiger partial charge in [0, 0.05) is 17.6 Å². The first-order valence-corrected chi connectivity index (χ1v) is 15.4. The molecule has 4 rings (SSSR count). The Morgan fingerprint density at radius 2 is 1.60 bits per heavy atom. The molecule has 0 aromatic heterocycles. The Bertz CT molecular complexity index is 1460. The van der Waals surface area contributed by atoms with E-state index in [9.17, 15) is 18.0 Å². The largest absolute Gasteiger partial charge is 0.352 e. The predicted molar refractivity (Wildman–Crippen MR) is 159 cm³/mol. The Labute approximate surface area is 242 Å². The van der Waals surface area contributed by atoms with Gasteiger partial charge in [-0.1, -0.05) is 66.9 Å². The molecule has 1 saturated carbocycles. The topological polar surface area (TPSA) is 86.8 Å². The Hall–Kier alpha value is -3.36. The summed E-state index contributed by atoms with van der Waals surface area (Å²) in [4.78, 5) is 28.9. The van der Waals surface area contributed by atoms with Crippen molar-refractivity contribution in [3.05, 3.63) is 94.5 Å². The average Bonchev–Trinajstić information content (AvgIpc) is 3.46. The van der Waals surface area contributed by atoms with E-state index in [0.29, 0.717) is 16.3 Å². The summed E-state index contributed by atoms with van der Waals surface area (Å²) in [5.74, 6) is -0.775. The number of anilines is 1. The number of nitrogens with zero attached hydrogens (tertiary/aromatic N) is 2.